The molecule has 23 heavy (non-hydrogen) atoms. The van der Waals surface area contributed by atoms with Crippen molar-refractivity contribution in [3.8, 4) is 0 Å². The quantitative estimate of drug-likeness (QED) is 0.784. The lowest BCUT2D eigenvalue weighted by molar-refractivity contribution is -0.138. The third-order valence-corrected chi connectivity index (χ3v) is 4.98. The molecule has 1 aliphatic rings. The molecule has 2 atom stereocenters. The summed E-state index contributed by atoms with van der Waals surface area (Å²) in [5.41, 5.74) is -1.70. The number of hydrogen-bond donors (Lipinski definition) is 3. The molecule has 0 spiro atoms. The third-order valence-electron chi connectivity index (χ3n) is 3.74. The molecule has 0 saturated carbocycles. The standard InChI is InChI=1S/C15H19F3N2O2S/c1-10(11-4-2-3-5-12(11)15(16,17)18)20-13(21)19-8-14(22)6-7-23-9-14/h2-5,10,22H,6-9H2,1H3,(H2,19,20,21). The molecule has 1 heterocycles. The summed E-state index contributed by atoms with van der Waals surface area (Å²) in [7, 11) is 0. The number of carbonyl (C=O) groups is 1. The van der Waals surface area contributed by atoms with Gasteiger partial charge in [-0.2, -0.15) is 24.9 Å². The predicted octanol–water partition coefficient (Wildman–Crippen LogP) is 2.93. The lowest BCUT2D eigenvalue weighted by atomic mass is 10.0. The molecule has 2 rings (SSSR count). The zero-order chi connectivity index (χ0) is 17.1. The second-order valence-electron chi connectivity index (χ2n) is 5.66. The summed E-state index contributed by atoms with van der Waals surface area (Å²) in [6, 6.07) is 3.74. The first-order chi connectivity index (χ1) is 10.7. The molecule has 1 aromatic rings. The van der Waals surface area contributed by atoms with Crippen molar-refractivity contribution in [2.45, 2.75) is 31.2 Å². The SMILES string of the molecule is CC(NC(=O)NCC1(O)CCSC1)c1ccccc1C(F)(F)F. The van der Waals surface area contributed by atoms with E-state index in [2.05, 4.69) is 10.6 Å². The van der Waals surface area contributed by atoms with Crippen LogP contribution in [-0.4, -0.2) is 34.8 Å². The van der Waals surface area contributed by atoms with Gasteiger partial charge >= 0.3 is 12.2 Å². The van der Waals surface area contributed by atoms with Crippen molar-refractivity contribution in [3.05, 3.63) is 35.4 Å². The Kier molecular flexibility index (Phi) is 5.46. The number of nitrogens with one attached hydrogen (secondary N) is 2. The maximum Gasteiger partial charge on any atom is 0.416 e. The van der Waals surface area contributed by atoms with E-state index in [1.54, 1.807) is 11.8 Å². The summed E-state index contributed by atoms with van der Waals surface area (Å²) < 4.78 is 39.0. The maximum absolute atomic E-state index is 13.0. The number of thioether (sulfide) groups is 1. The lowest BCUT2D eigenvalue weighted by Crippen LogP contribution is -2.47. The normalized spacial score (nSPS) is 22.7. The van der Waals surface area contributed by atoms with E-state index in [0.717, 1.165) is 11.8 Å². The molecule has 0 aromatic heterocycles. The predicted molar refractivity (Wildman–Crippen MR) is 83.3 cm³/mol. The van der Waals surface area contributed by atoms with Crippen LogP contribution in [0.2, 0.25) is 0 Å². The van der Waals surface area contributed by atoms with Gasteiger partial charge in [-0.05, 0) is 30.7 Å². The van der Waals surface area contributed by atoms with Crippen LogP contribution in [0.15, 0.2) is 24.3 Å². The van der Waals surface area contributed by atoms with Crippen molar-refractivity contribution in [1.29, 1.82) is 0 Å². The Labute approximate surface area is 136 Å². The molecular weight excluding hydrogens is 329 g/mol. The highest BCUT2D eigenvalue weighted by molar-refractivity contribution is 7.99. The van der Waals surface area contributed by atoms with E-state index in [1.807, 2.05) is 0 Å². The van der Waals surface area contributed by atoms with Crippen molar-refractivity contribution in [1.82, 2.24) is 10.6 Å². The number of hydrogen-bond acceptors (Lipinski definition) is 3. The van der Waals surface area contributed by atoms with E-state index in [9.17, 15) is 23.1 Å². The van der Waals surface area contributed by atoms with Crippen LogP contribution >= 0.6 is 11.8 Å². The summed E-state index contributed by atoms with van der Waals surface area (Å²) in [5.74, 6) is 1.37. The highest BCUT2D eigenvalue weighted by Crippen LogP contribution is 2.34. The third kappa shape index (κ3) is 4.78. The van der Waals surface area contributed by atoms with Crippen molar-refractivity contribution < 1.29 is 23.1 Å². The monoisotopic (exact) mass is 348 g/mol. The molecule has 4 nitrogen and oxygen atoms in total. The fraction of sp³-hybridized carbons (Fsp3) is 0.533. The van der Waals surface area contributed by atoms with Crippen molar-refractivity contribution in [2.75, 3.05) is 18.1 Å². The Hall–Kier alpha value is -1.41. The zero-order valence-corrected chi connectivity index (χ0v) is 13.4. The van der Waals surface area contributed by atoms with Crippen LogP contribution in [0.3, 0.4) is 0 Å². The fourth-order valence-corrected chi connectivity index (χ4v) is 3.73. The average molecular weight is 348 g/mol. The van der Waals surface area contributed by atoms with Crippen LogP contribution in [0.1, 0.15) is 30.5 Å². The zero-order valence-electron chi connectivity index (χ0n) is 12.6. The Bertz CT molecular complexity index is 560. The number of amides is 2. The molecule has 1 fully saturated rings. The Balaban J connectivity index is 1.96. The minimum absolute atomic E-state index is 0.00489. The summed E-state index contributed by atoms with van der Waals surface area (Å²) in [6.45, 7) is 1.57. The topological polar surface area (TPSA) is 61.4 Å². The van der Waals surface area contributed by atoms with Gasteiger partial charge < -0.3 is 15.7 Å². The van der Waals surface area contributed by atoms with Gasteiger partial charge in [-0.15, -0.1) is 0 Å². The van der Waals surface area contributed by atoms with Crippen LogP contribution in [-0.2, 0) is 6.18 Å². The molecule has 0 bridgehead atoms. The maximum atomic E-state index is 13.0. The molecule has 2 amide bonds. The van der Waals surface area contributed by atoms with E-state index in [1.165, 1.54) is 25.1 Å². The molecule has 2 unspecified atom stereocenters. The van der Waals surface area contributed by atoms with Gasteiger partial charge in [-0.1, -0.05) is 18.2 Å². The van der Waals surface area contributed by atoms with Gasteiger partial charge in [0.1, 0.15) is 0 Å². The van der Waals surface area contributed by atoms with Gasteiger partial charge in [0.25, 0.3) is 0 Å². The Morgan fingerprint density at radius 2 is 2.13 bits per heavy atom. The van der Waals surface area contributed by atoms with Crippen molar-refractivity contribution in [3.63, 3.8) is 0 Å². The minimum Gasteiger partial charge on any atom is -0.387 e. The number of urea groups is 1. The second kappa shape index (κ2) is 7.00. The molecule has 0 radical (unpaired) electrons. The molecule has 128 valence electrons. The summed E-state index contributed by atoms with van der Waals surface area (Å²) in [6.07, 6.45) is -3.89. The number of halogens is 3. The van der Waals surface area contributed by atoms with Crippen LogP contribution in [0.4, 0.5) is 18.0 Å². The second-order valence-corrected chi connectivity index (χ2v) is 6.77. The average Bonchev–Trinajstić information content (AvgIpc) is 2.92. The molecule has 3 N–H and O–H groups in total. The minimum atomic E-state index is -4.47. The molecule has 0 aliphatic carbocycles. The molecular formula is C15H19F3N2O2S. The first-order valence-corrected chi connectivity index (χ1v) is 8.37. The summed E-state index contributed by atoms with van der Waals surface area (Å²) in [5, 5.41) is 15.1. The first-order valence-electron chi connectivity index (χ1n) is 7.22. The number of carbonyl (C=O) groups excluding carboxylic acids is 1. The van der Waals surface area contributed by atoms with E-state index in [-0.39, 0.29) is 12.1 Å². The van der Waals surface area contributed by atoms with E-state index >= 15 is 0 Å². The molecule has 8 heteroatoms. The van der Waals surface area contributed by atoms with Gasteiger partial charge in [-0.3, -0.25) is 0 Å². The first kappa shape index (κ1) is 17.9. The van der Waals surface area contributed by atoms with Gasteiger partial charge in [0.05, 0.1) is 17.2 Å². The van der Waals surface area contributed by atoms with Crippen LogP contribution in [0.5, 0.6) is 0 Å². The van der Waals surface area contributed by atoms with Gasteiger partial charge in [-0.25, -0.2) is 4.79 Å². The van der Waals surface area contributed by atoms with Crippen LogP contribution < -0.4 is 10.6 Å². The van der Waals surface area contributed by atoms with Gasteiger partial charge in [0.2, 0.25) is 0 Å². The lowest BCUT2D eigenvalue weighted by Gasteiger charge is -2.23. The Morgan fingerprint density at radius 3 is 2.74 bits per heavy atom. The van der Waals surface area contributed by atoms with Crippen molar-refractivity contribution >= 4 is 17.8 Å². The van der Waals surface area contributed by atoms with Gasteiger partial charge in [0.15, 0.2) is 0 Å². The Morgan fingerprint density at radius 1 is 1.43 bits per heavy atom. The van der Waals surface area contributed by atoms with Crippen molar-refractivity contribution in [2.24, 2.45) is 0 Å². The highest BCUT2D eigenvalue weighted by atomic mass is 32.2. The largest absolute Gasteiger partial charge is 0.416 e. The van der Waals surface area contributed by atoms with Crippen LogP contribution in [0, 0.1) is 0 Å². The molecule has 1 aromatic carbocycles. The smallest absolute Gasteiger partial charge is 0.387 e. The van der Waals surface area contributed by atoms with E-state index < -0.39 is 29.4 Å². The van der Waals surface area contributed by atoms with Gasteiger partial charge in [0, 0.05) is 12.3 Å². The van der Waals surface area contributed by atoms with E-state index in [0.29, 0.717) is 12.2 Å². The van der Waals surface area contributed by atoms with E-state index in [4.69, 9.17) is 0 Å². The van der Waals surface area contributed by atoms with Crippen LogP contribution in [0.25, 0.3) is 0 Å². The summed E-state index contributed by atoms with van der Waals surface area (Å²) >= 11 is 1.60. The number of rotatable bonds is 4. The number of benzene rings is 1. The fourth-order valence-electron chi connectivity index (χ4n) is 2.44. The number of alkyl halides is 3. The summed E-state index contributed by atoms with van der Waals surface area (Å²) in [4.78, 5) is 11.9. The highest BCUT2D eigenvalue weighted by Gasteiger charge is 2.35. The molecule has 1 saturated heterocycles. The molecule has 1 aliphatic heterocycles. The number of aliphatic hydroxyl groups is 1.